The van der Waals surface area contributed by atoms with Gasteiger partial charge in [0.2, 0.25) is 0 Å². The number of rotatable bonds is 7. The molecule has 0 atom stereocenters. The Hall–Kier alpha value is -1.65. The van der Waals surface area contributed by atoms with E-state index >= 15 is 0 Å². The van der Waals surface area contributed by atoms with Crippen LogP contribution in [0.2, 0.25) is 0 Å². The van der Waals surface area contributed by atoms with Crippen LogP contribution in [-0.4, -0.2) is 23.0 Å². The van der Waals surface area contributed by atoms with Gasteiger partial charge in [0.1, 0.15) is 11.5 Å². The molecule has 0 spiro atoms. The normalized spacial score (nSPS) is 11.5. The monoisotopic (exact) mass is 287 g/mol. The molecule has 0 radical (unpaired) electrons. The minimum Gasteiger partial charge on any atom is -0.465 e. The molecular formula is C17H25N3O. The van der Waals surface area contributed by atoms with Crippen LogP contribution < -0.4 is 5.32 Å². The Morgan fingerprint density at radius 1 is 1.19 bits per heavy atom. The molecule has 0 amide bonds. The first-order valence-electron chi connectivity index (χ1n) is 7.44. The van der Waals surface area contributed by atoms with Crippen molar-refractivity contribution >= 4 is 0 Å². The lowest BCUT2D eigenvalue weighted by Crippen LogP contribution is -2.22. The Labute approximate surface area is 127 Å². The standard InChI is InChI=1S/C17H25N3O/c1-13(2)18-9-15-6-7-16(19-10-15)11-20(4)12-17-8-5-14(3)21-17/h5-8,10,13,18H,9,11-12H2,1-4H3. The van der Waals surface area contributed by atoms with Crippen molar-refractivity contribution in [3.8, 4) is 0 Å². The molecule has 2 rings (SSSR count). The van der Waals surface area contributed by atoms with Gasteiger partial charge in [-0.3, -0.25) is 9.88 Å². The molecule has 21 heavy (non-hydrogen) atoms. The highest BCUT2D eigenvalue weighted by molar-refractivity contribution is 5.14. The molecule has 0 unspecified atom stereocenters. The fourth-order valence-corrected chi connectivity index (χ4v) is 2.14. The topological polar surface area (TPSA) is 41.3 Å². The second kappa shape index (κ2) is 7.38. The Morgan fingerprint density at radius 2 is 2.00 bits per heavy atom. The minimum absolute atomic E-state index is 0.493. The number of hydrogen-bond donors (Lipinski definition) is 1. The van der Waals surface area contributed by atoms with Crippen molar-refractivity contribution in [2.75, 3.05) is 7.05 Å². The van der Waals surface area contributed by atoms with Crippen LogP contribution >= 0.6 is 0 Å². The first kappa shape index (κ1) is 15.7. The highest BCUT2D eigenvalue weighted by Gasteiger charge is 2.06. The van der Waals surface area contributed by atoms with Crippen molar-refractivity contribution in [3.63, 3.8) is 0 Å². The molecule has 0 aliphatic rings. The zero-order valence-corrected chi connectivity index (χ0v) is 13.4. The molecule has 2 aromatic heterocycles. The van der Waals surface area contributed by atoms with Crippen LogP contribution in [0, 0.1) is 6.92 Å². The molecule has 0 aliphatic carbocycles. The van der Waals surface area contributed by atoms with Crippen molar-refractivity contribution in [2.24, 2.45) is 0 Å². The van der Waals surface area contributed by atoms with Gasteiger partial charge in [-0.05, 0) is 37.7 Å². The maximum atomic E-state index is 5.59. The van der Waals surface area contributed by atoms with E-state index in [9.17, 15) is 0 Å². The van der Waals surface area contributed by atoms with E-state index in [1.54, 1.807) is 0 Å². The molecule has 0 saturated carbocycles. The fraction of sp³-hybridized carbons (Fsp3) is 0.471. The Morgan fingerprint density at radius 3 is 2.57 bits per heavy atom. The van der Waals surface area contributed by atoms with E-state index < -0.39 is 0 Å². The van der Waals surface area contributed by atoms with Crippen molar-refractivity contribution < 1.29 is 4.42 Å². The summed E-state index contributed by atoms with van der Waals surface area (Å²) in [5.74, 6) is 1.95. The van der Waals surface area contributed by atoms with Gasteiger partial charge in [-0.15, -0.1) is 0 Å². The predicted octanol–water partition coefficient (Wildman–Crippen LogP) is 3.11. The van der Waals surface area contributed by atoms with Crippen LogP contribution in [0.3, 0.4) is 0 Å². The molecule has 0 fully saturated rings. The second-order valence-corrected chi connectivity index (χ2v) is 5.88. The summed E-state index contributed by atoms with van der Waals surface area (Å²) in [4.78, 5) is 6.73. The first-order chi connectivity index (χ1) is 10.0. The lowest BCUT2D eigenvalue weighted by Gasteiger charge is -2.15. The summed E-state index contributed by atoms with van der Waals surface area (Å²) in [5, 5.41) is 3.39. The lowest BCUT2D eigenvalue weighted by atomic mass is 10.2. The highest BCUT2D eigenvalue weighted by Crippen LogP contribution is 2.10. The molecular weight excluding hydrogens is 262 g/mol. The lowest BCUT2D eigenvalue weighted by molar-refractivity contribution is 0.282. The zero-order valence-electron chi connectivity index (χ0n) is 13.4. The van der Waals surface area contributed by atoms with Gasteiger partial charge in [-0.25, -0.2) is 0 Å². The average Bonchev–Trinajstić information content (AvgIpc) is 2.83. The van der Waals surface area contributed by atoms with Crippen LogP contribution in [0.15, 0.2) is 34.9 Å². The molecule has 0 aromatic carbocycles. The molecule has 2 heterocycles. The summed E-state index contributed by atoms with van der Waals surface area (Å²) in [6, 6.07) is 8.76. The Kier molecular flexibility index (Phi) is 5.53. The molecule has 4 nitrogen and oxygen atoms in total. The molecule has 0 bridgehead atoms. The van der Waals surface area contributed by atoms with E-state index in [2.05, 4.69) is 48.2 Å². The van der Waals surface area contributed by atoms with Crippen LogP contribution in [0.5, 0.6) is 0 Å². The third kappa shape index (κ3) is 5.33. The number of aryl methyl sites for hydroxylation is 1. The maximum Gasteiger partial charge on any atom is 0.118 e. The molecule has 0 saturated heterocycles. The number of nitrogens with one attached hydrogen (secondary N) is 1. The van der Waals surface area contributed by atoms with Crippen molar-refractivity contribution in [3.05, 3.63) is 53.2 Å². The van der Waals surface area contributed by atoms with Gasteiger partial charge in [-0.1, -0.05) is 19.9 Å². The number of nitrogens with zero attached hydrogens (tertiary/aromatic N) is 2. The summed E-state index contributed by atoms with van der Waals surface area (Å²) in [6.07, 6.45) is 1.95. The smallest absolute Gasteiger partial charge is 0.118 e. The maximum absolute atomic E-state index is 5.59. The van der Waals surface area contributed by atoms with Crippen molar-refractivity contribution in [1.82, 2.24) is 15.2 Å². The molecule has 2 aromatic rings. The predicted molar refractivity (Wildman–Crippen MR) is 84.8 cm³/mol. The zero-order chi connectivity index (χ0) is 15.2. The van der Waals surface area contributed by atoms with E-state index in [0.29, 0.717) is 6.04 Å². The third-order valence-corrected chi connectivity index (χ3v) is 3.25. The quantitative estimate of drug-likeness (QED) is 0.849. The third-order valence-electron chi connectivity index (χ3n) is 3.25. The van der Waals surface area contributed by atoms with Crippen LogP contribution in [0.1, 0.15) is 36.6 Å². The molecule has 114 valence electrons. The van der Waals surface area contributed by atoms with E-state index in [4.69, 9.17) is 4.42 Å². The Balaban J connectivity index is 1.84. The average molecular weight is 287 g/mol. The van der Waals surface area contributed by atoms with Crippen LogP contribution in [0.4, 0.5) is 0 Å². The number of pyridine rings is 1. The SMILES string of the molecule is Cc1ccc(CN(C)Cc2ccc(CNC(C)C)cn2)o1. The van der Waals surface area contributed by atoms with Gasteiger partial charge in [0.25, 0.3) is 0 Å². The summed E-state index contributed by atoms with van der Waals surface area (Å²) >= 11 is 0. The van der Waals surface area contributed by atoms with Gasteiger partial charge < -0.3 is 9.73 Å². The largest absolute Gasteiger partial charge is 0.465 e. The molecule has 4 heteroatoms. The van der Waals surface area contributed by atoms with Crippen LogP contribution in [0.25, 0.3) is 0 Å². The molecule has 1 N–H and O–H groups in total. The number of aromatic nitrogens is 1. The van der Waals surface area contributed by atoms with Crippen molar-refractivity contribution in [1.29, 1.82) is 0 Å². The summed E-state index contributed by atoms with van der Waals surface area (Å²) in [7, 11) is 2.08. The number of furan rings is 1. The van der Waals surface area contributed by atoms with E-state index in [-0.39, 0.29) is 0 Å². The summed E-state index contributed by atoms with van der Waals surface area (Å²) < 4.78 is 5.59. The highest BCUT2D eigenvalue weighted by atomic mass is 16.3. The second-order valence-electron chi connectivity index (χ2n) is 5.88. The van der Waals surface area contributed by atoms with Gasteiger partial charge in [0.15, 0.2) is 0 Å². The summed E-state index contributed by atoms with van der Waals surface area (Å²) in [5.41, 5.74) is 2.30. The Bertz CT molecular complexity index is 545. The fourth-order valence-electron chi connectivity index (χ4n) is 2.14. The van der Waals surface area contributed by atoms with Gasteiger partial charge in [0.05, 0.1) is 12.2 Å². The van der Waals surface area contributed by atoms with Gasteiger partial charge in [-0.2, -0.15) is 0 Å². The minimum atomic E-state index is 0.493. The summed E-state index contributed by atoms with van der Waals surface area (Å²) in [6.45, 7) is 8.74. The van der Waals surface area contributed by atoms with E-state index in [1.807, 2.05) is 25.3 Å². The first-order valence-corrected chi connectivity index (χ1v) is 7.44. The van der Waals surface area contributed by atoms with E-state index in [1.165, 1.54) is 5.56 Å². The van der Waals surface area contributed by atoms with Crippen molar-refractivity contribution in [2.45, 2.75) is 46.4 Å². The van der Waals surface area contributed by atoms with E-state index in [0.717, 1.165) is 36.8 Å². The van der Waals surface area contributed by atoms with Gasteiger partial charge >= 0.3 is 0 Å². The van der Waals surface area contributed by atoms with Gasteiger partial charge in [0, 0.05) is 25.3 Å². The van der Waals surface area contributed by atoms with Crippen LogP contribution in [-0.2, 0) is 19.6 Å². The number of hydrogen-bond acceptors (Lipinski definition) is 4. The molecule has 0 aliphatic heterocycles.